The highest BCUT2D eigenvalue weighted by atomic mass is 32.2. The van der Waals surface area contributed by atoms with Crippen LogP contribution in [0.4, 0.5) is 0 Å². The van der Waals surface area contributed by atoms with Crippen molar-refractivity contribution in [2.24, 2.45) is 5.41 Å². The average molecular weight is 297 g/mol. The summed E-state index contributed by atoms with van der Waals surface area (Å²) in [6.45, 7) is 10.1. The Balaban J connectivity index is 2.88. The molecule has 0 heterocycles. The number of rotatable bonds is 6. The minimum atomic E-state index is -2.95. The van der Waals surface area contributed by atoms with Crippen molar-refractivity contribution in [3.63, 3.8) is 0 Å². The fourth-order valence-corrected chi connectivity index (χ4v) is 3.42. The van der Waals surface area contributed by atoms with Crippen molar-refractivity contribution in [1.82, 2.24) is 5.32 Å². The maximum Gasteiger partial charge on any atom is 0.151 e. The van der Waals surface area contributed by atoms with Crippen LogP contribution >= 0.6 is 0 Å². The minimum absolute atomic E-state index is 0.0194. The molecule has 0 aliphatic carbocycles. The maximum atomic E-state index is 11.7. The summed E-state index contributed by atoms with van der Waals surface area (Å²) < 4.78 is 23.5. The van der Waals surface area contributed by atoms with Crippen molar-refractivity contribution in [2.45, 2.75) is 46.7 Å². The van der Waals surface area contributed by atoms with Gasteiger partial charge in [0.25, 0.3) is 0 Å². The summed E-state index contributed by atoms with van der Waals surface area (Å²) in [4.78, 5) is 0. The summed E-state index contributed by atoms with van der Waals surface area (Å²) in [6, 6.07) is 10.3. The summed E-state index contributed by atoms with van der Waals surface area (Å²) in [5.41, 5.74) is 1.21. The van der Waals surface area contributed by atoms with Gasteiger partial charge >= 0.3 is 0 Å². The van der Waals surface area contributed by atoms with Crippen LogP contribution in [0.15, 0.2) is 30.3 Å². The normalized spacial score (nSPS) is 15.8. The van der Waals surface area contributed by atoms with E-state index in [9.17, 15) is 8.42 Å². The molecule has 0 bridgehead atoms. The van der Waals surface area contributed by atoms with Crippen molar-refractivity contribution in [3.8, 4) is 0 Å². The highest BCUT2D eigenvalue weighted by molar-refractivity contribution is 7.91. The molecule has 4 heteroatoms. The molecule has 1 aromatic rings. The SMILES string of the molecule is CCS(=O)(=O)CC(C)NC(c1ccccc1)C(C)(C)C. The fourth-order valence-electron chi connectivity index (χ4n) is 2.32. The second kappa shape index (κ2) is 6.72. The molecule has 3 nitrogen and oxygen atoms in total. The van der Waals surface area contributed by atoms with Crippen molar-refractivity contribution in [1.29, 1.82) is 0 Å². The molecule has 0 saturated carbocycles. The molecule has 2 unspecified atom stereocenters. The lowest BCUT2D eigenvalue weighted by atomic mass is 9.82. The van der Waals surface area contributed by atoms with Crippen LogP contribution in [0, 0.1) is 5.41 Å². The Bertz CT molecular complexity index is 503. The zero-order chi connectivity index (χ0) is 15.4. The fraction of sp³-hybridized carbons (Fsp3) is 0.625. The molecular weight excluding hydrogens is 270 g/mol. The van der Waals surface area contributed by atoms with Gasteiger partial charge in [-0.25, -0.2) is 8.42 Å². The van der Waals surface area contributed by atoms with E-state index >= 15 is 0 Å². The minimum Gasteiger partial charge on any atom is -0.306 e. The first-order valence-electron chi connectivity index (χ1n) is 7.17. The van der Waals surface area contributed by atoms with Crippen LogP contribution in [0.25, 0.3) is 0 Å². The number of benzene rings is 1. The molecule has 2 atom stereocenters. The molecule has 1 aromatic carbocycles. The first-order valence-corrected chi connectivity index (χ1v) is 8.99. The molecule has 1 N–H and O–H groups in total. The van der Waals surface area contributed by atoms with Gasteiger partial charge in [0.2, 0.25) is 0 Å². The highest BCUT2D eigenvalue weighted by Gasteiger charge is 2.28. The van der Waals surface area contributed by atoms with Crippen molar-refractivity contribution < 1.29 is 8.42 Å². The monoisotopic (exact) mass is 297 g/mol. The number of nitrogens with one attached hydrogen (secondary N) is 1. The first kappa shape index (κ1) is 17.2. The van der Waals surface area contributed by atoms with Crippen LogP contribution < -0.4 is 5.32 Å². The lowest BCUT2D eigenvalue weighted by molar-refractivity contribution is 0.258. The molecule has 0 aliphatic rings. The third kappa shape index (κ3) is 5.25. The smallest absolute Gasteiger partial charge is 0.151 e. The van der Waals surface area contributed by atoms with Crippen molar-refractivity contribution in [2.75, 3.05) is 11.5 Å². The van der Waals surface area contributed by atoms with Crippen LogP contribution in [0.3, 0.4) is 0 Å². The van der Waals surface area contributed by atoms with Crippen LogP contribution in [-0.2, 0) is 9.84 Å². The van der Waals surface area contributed by atoms with Crippen molar-refractivity contribution in [3.05, 3.63) is 35.9 Å². The van der Waals surface area contributed by atoms with Gasteiger partial charge < -0.3 is 5.32 Å². The predicted octanol–water partition coefficient (Wildman–Crippen LogP) is 3.19. The Morgan fingerprint density at radius 2 is 1.70 bits per heavy atom. The summed E-state index contributed by atoms with van der Waals surface area (Å²) in [7, 11) is -2.95. The zero-order valence-electron chi connectivity index (χ0n) is 13.2. The predicted molar refractivity (Wildman–Crippen MR) is 85.6 cm³/mol. The average Bonchev–Trinajstić information content (AvgIpc) is 2.35. The van der Waals surface area contributed by atoms with E-state index in [1.165, 1.54) is 5.56 Å². The van der Waals surface area contributed by atoms with E-state index in [2.05, 4.69) is 38.2 Å². The molecular formula is C16H27NO2S. The van der Waals surface area contributed by atoms with Crippen molar-refractivity contribution >= 4 is 9.84 Å². The standard InChI is InChI=1S/C16H27NO2S/c1-6-20(18,19)12-13(2)17-15(16(3,4)5)14-10-8-7-9-11-14/h7-11,13,15,17H,6,12H2,1-5H3. The molecule has 0 aromatic heterocycles. The third-order valence-corrected chi connectivity index (χ3v) is 5.28. The number of hydrogen-bond acceptors (Lipinski definition) is 3. The quantitative estimate of drug-likeness (QED) is 0.877. The molecule has 20 heavy (non-hydrogen) atoms. The molecule has 0 aliphatic heterocycles. The Morgan fingerprint density at radius 3 is 2.15 bits per heavy atom. The van der Waals surface area contributed by atoms with E-state index in [-0.39, 0.29) is 29.0 Å². The number of sulfone groups is 1. The van der Waals surface area contributed by atoms with Crippen LogP contribution in [0.2, 0.25) is 0 Å². The topological polar surface area (TPSA) is 46.2 Å². The van der Waals surface area contributed by atoms with Crippen LogP contribution in [-0.4, -0.2) is 26.0 Å². The second-order valence-electron chi connectivity index (χ2n) is 6.48. The summed E-state index contributed by atoms with van der Waals surface area (Å²) in [5.74, 6) is 0.382. The molecule has 0 fully saturated rings. The lowest BCUT2D eigenvalue weighted by Crippen LogP contribution is -2.41. The molecule has 0 amide bonds. The van der Waals surface area contributed by atoms with Crippen LogP contribution in [0.1, 0.15) is 46.2 Å². The van der Waals surface area contributed by atoms with E-state index in [1.54, 1.807) is 6.92 Å². The van der Waals surface area contributed by atoms with Gasteiger partial charge in [-0.2, -0.15) is 0 Å². The second-order valence-corrected chi connectivity index (χ2v) is 8.87. The Morgan fingerprint density at radius 1 is 1.15 bits per heavy atom. The molecule has 0 saturated heterocycles. The number of hydrogen-bond donors (Lipinski definition) is 1. The molecule has 114 valence electrons. The van der Waals surface area contributed by atoms with Gasteiger partial charge in [0, 0.05) is 17.8 Å². The Labute approximate surface area is 123 Å². The largest absolute Gasteiger partial charge is 0.306 e. The Kier molecular flexibility index (Phi) is 5.78. The zero-order valence-corrected chi connectivity index (χ0v) is 14.0. The van der Waals surface area contributed by atoms with Crippen LogP contribution in [0.5, 0.6) is 0 Å². The first-order chi connectivity index (χ1) is 9.15. The maximum absolute atomic E-state index is 11.7. The van der Waals surface area contributed by atoms with Gasteiger partial charge in [-0.15, -0.1) is 0 Å². The Hall–Kier alpha value is -0.870. The van der Waals surface area contributed by atoms with Gasteiger partial charge in [-0.1, -0.05) is 58.0 Å². The van der Waals surface area contributed by atoms with Gasteiger partial charge in [-0.05, 0) is 17.9 Å². The molecule has 1 rings (SSSR count). The summed E-state index contributed by atoms with van der Waals surface area (Å²) in [5, 5.41) is 3.48. The summed E-state index contributed by atoms with van der Waals surface area (Å²) in [6.07, 6.45) is 0. The van der Waals surface area contributed by atoms with Gasteiger partial charge in [0.15, 0.2) is 9.84 Å². The van der Waals surface area contributed by atoms with E-state index in [1.807, 2.05) is 25.1 Å². The van der Waals surface area contributed by atoms with Gasteiger partial charge in [-0.3, -0.25) is 0 Å². The van der Waals surface area contributed by atoms with E-state index in [0.717, 1.165) is 0 Å². The van der Waals surface area contributed by atoms with Gasteiger partial charge in [0.1, 0.15) is 0 Å². The van der Waals surface area contributed by atoms with Gasteiger partial charge in [0.05, 0.1) is 5.75 Å². The van der Waals surface area contributed by atoms with E-state index < -0.39 is 9.84 Å². The van der Waals surface area contributed by atoms with E-state index in [4.69, 9.17) is 0 Å². The molecule has 0 spiro atoms. The third-order valence-electron chi connectivity index (χ3n) is 3.39. The lowest BCUT2D eigenvalue weighted by Gasteiger charge is -2.34. The summed E-state index contributed by atoms with van der Waals surface area (Å²) >= 11 is 0. The highest BCUT2D eigenvalue weighted by Crippen LogP contribution is 2.33. The molecule has 0 radical (unpaired) electrons. The van der Waals surface area contributed by atoms with E-state index in [0.29, 0.717) is 0 Å².